The third-order valence-electron chi connectivity index (χ3n) is 2.70. The SMILES string of the molecule is CCNC(C)C(CC)c1ccc(F)cn1. The third-order valence-corrected chi connectivity index (χ3v) is 2.70. The van der Waals surface area contributed by atoms with Crippen LogP contribution in [0.4, 0.5) is 4.39 Å². The number of pyridine rings is 1. The summed E-state index contributed by atoms with van der Waals surface area (Å²) in [7, 11) is 0. The molecule has 3 heteroatoms. The van der Waals surface area contributed by atoms with Gasteiger partial charge in [-0.3, -0.25) is 4.98 Å². The summed E-state index contributed by atoms with van der Waals surface area (Å²) in [5, 5.41) is 3.38. The number of likely N-dealkylation sites (N-methyl/N-ethyl adjacent to an activating group) is 1. The van der Waals surface area contributed by atoms with Crippen molar-refractivity contribution in [2.75, 3.05) is 6.54 Å². The van der Waals surface area contributed by atoms with Crippen molar-refractivity contribution < 1.29 is 4.39 Å². The van der Waals surface area contributed by atoms with Gasteiger partial charge in [0.05, 0.1) is 6.20 Å². The van der Waals surface area contributed by atoms with E-state index in [1.165, 1.54) is 12.3 Å². The fourth-order valence-electron chi connectivity index (χ4n) is 1.89. The van der Waals surface area contributed by atoms with Crippen molar-refractivity contribution in [1.29, 1.82) is 0 Å². The van der Waals surface area contributed by atoms with Crippen molar-refractivity contribution in [2.45, 2.75) is 39.2 Å². The number of nitrogens with one attached hydrogen (secondary N) is 1. The Morgan fingerprint density at radius 1 is 1.40 bits per heavy atom. The van der Waals surface area contributed by atoms with Crippen molar-refractivity contribution in [2.24, 2.45) is 0 Å². The number of aromatic nitrogens is 1. The topological polar surface area (TPSA) is 24.9 Å². The van der Waals surface area contributed by atoms with Crippen LogP contribution in [0.15, 0.2) is 18.3 Å². The van der Waals surface area contributed by atoms with E-state index >= 15 is 0 Å². The molecule has 0 fully saturated rings. The van der Waals surface area contributed by atoms with E-state index in [4.69, 9.17) is 0 Å². The Morgan fingerprint density at radius 3 is 2.60 bits per heavy atom. The van der Waals surface area contributed by atoms with Gasteiger partial charge in [0.25, 0.3) is 0 Å². The maximum absolute atomic E-state index is 12.7. The second-order valence-electron chi connectivity index (χ2n) is 3.76. The van der Waals surface area contributed by atoms with Crippen LogP contribution < -0.4 is 5.32 Å². The van der Waals surface area contributed by atoms with E-state index in [0.717, 1.165) is 18.7 Å². The van der Waals surface area contributed by atoms with Gasteiger partial charge in [0.1, 0.15) is 5.82 Å². The lowest BCUT2D eigenvalue weighted by atomic mass is 9.94. The summed E-state index contributed by atoms with van der Waals surface area (Å²) in [6.45, 7) is 7.30. The van der Waals surface area contributed by atoms with E-state index < -0.39 is 0 Å². The van der Waals surface area contributed by atoms with E-state index in [9.17, 15) is 4.39 Å². The van der Waals surface area contributed by atoms with Gasteiger partial charge in [0.15, 0.2) is 0 Å². The van der Waals surface area contributed by atoms with Gasteiger partial charge in [-0.05, 0) is 32.0 Å². The van der Waals surface area contributed by atoms with Crippen molar-refractivity contribution in [3.8, 4) is 0 Å². The van der Waals surface area contributed by atoms with Crippen LogP contribution in [0.1, 0.15) is 38.8 Å². The normalized spacial score (nSPS) is 14.9. The van der Waals surface area contributed by atoms with Crippen molar-refractivity contribution in [3.63, 3.8) is 0 Å². The number of rotatable bonds is 5. The maximum atomic E-state index is 12.7. The van der Waals surface area contributed by atoms with E-state index in [-0.39, 0.29) is 5.82 Å². The molecule has 84 valence electrons. The molecule has 2 atom stereocenters. The first kappa shape index (κ1) is 12.1. The van der Waals surface area contributed by atoms with E-state index in [0.29, 0.717) is 12.0 Å². The van der Waals surface area contributed by atoms with Gasteiger partial charge < -0.3 is 5.32 Å². The number of hydrogen-bond acceptors (Lipinski definition) is 2. The summed E-state index contributed by atoms with van der Waals surface area (Å²) in [5.74, 6) is 0.0789. The van der Waals surface area contributed by atoms with Gasteiger partial charge in [0, 0.05) is 17.7 Å². The van der Waals surface area contributed by atoms with Crippen molar-refractivity contribution in [1.82, 2.24) is 10.3 Å². The fraction of sp³-hybridized carbons (Fsp3) is 0.583. The average molecular weight is 210 g/mol. The minimum Gasteiger partial charge on any atom is -0.314 e. The van der Waals surface area contributed by atoms with Gasteiger partial charge in [-0.25, -0.2) is 4.39 Å². The second kappa shape index (κ2) is 5.81. The zero-order chi connectivity index (χ0) is 11.3. The Kier molecular flexibility index (Phi) is 4.69. The molecule has 0 aliphatic rings. The molecule has 0 aliphatic heterocycles. The van der Waals surface area contributed by atoms with E-state index in [1.54, 1.807) is 6.07 Å². The second-order valence-corrected chi connectivity index (χ2v) is 3.76. The Bertz CT molecular complexity index is 284. The Hall–Kier alpha value is -0.960. The Morgan fingerprint density at radius 2 is 2.13 bits per heavy atom. The monoisotopic (exact) mass is 210 g/mol. The molecule has 1 heterocycles. The lowest BCUT2D eigenvalue weighted by Gasteiger charge is -2.22. The van der Waals surface area contributed by atoms with Crippen LogP contribution in [0, 0.1) is 5.82 Å². The minimum atomic E-state index is -0.273. The smallest absolute Gasteiger partial charge is 0.141 e. The third kappa shape index (κ3) is 3.27. The lowest BCUT2D eigenvalue weighted by Crippen LogP contribution is -2.32. The molecule has 1 aromatic heterocycles. The van der Waals surface area contributed by atoms with Crippen molar-refractivity contribution >= 4 is 0 Å². The lowest BCUT2D eigenvalue weighted by molar-refractivity contribution is 0.451. The minimum absolute atomic E-state index is 0.273. The molecule has 2 nitrogen and oxygen atoms in total. The predicted molar refractivity (Wildman–Crippen MR) is 60.4 cm³/mol. The molecular weight excluding hydrogens is 191 g/mol. The van der Waals surface area contributed by atoms with Crippen LogP contribution in [-0.4, -0.2) is 17.6 Å². The van der Waals surface area contributed by atoms with Crippen molar-refractivity contribution in [3.05, 3.63) is 29.8 Å². The molecule has 0 bridgehead atoms. The van der Waals surface area contributed by atoms with Gasteiger partial charge in [-0.1, -0.05) is 13.8 Å². The fourth-order valence-corrected chi connectivity index (χ4v) is 1.89. The first-order valence-electron chi connectivity index (χ1n) is 5.53. The highest BCUT2D eigenvalue weighted by Gasteiger charge is 2.17. The Labute approximate surface area is 90.9 Å². The van der Waals surface area contributed by atoms with Crippen LogP contribution in [0.25, 0.3) is 0 Å². The first-order valence-corrected chi connectivity index (χ1v) is 5.53. The summed E-state index contributed by atoms with van der Waals surface area (Å²) in [5.41, 5.74) is 0.965. The maximum Gasteiger partial charge on any atom is 0.141 e. The largest absolute Gasteiger partial charge is 0.314 e. The van der Waals surface area contributed by atoms with Gasteiger partial charge in [-0.15, -0.1) is 0 Å². The van der Waals surface area contributed by atoms with E-state index in [2.05, 4.69) is 31.1 Å². The summed E-state index contributed by atoms with van der Waals surface area (Å²) in [6, 6.07) is 3.62. The molecule has 1 N–H and O–H groups in total. The molecule has 1 aromatic rings. The molecule has 0 radical (unpaired) electrons. The molecule has 2 unspecified atom stereocenters. The Balaban J connectivity index is 2.77. The van der Waals surface area contributed by atoms with Crippen LogP contribution in [-0.2, 0) is 0 Å². The molecule has 15 heavy (non-hydrogen) atoms. The highest BCUT2D eigenvalue weighted by Crippen LogP contribution is 2.21. The van der Waals surface area contributed by atoms with Crippen LogP contribution in [0.3, 0.4) is 0 Å². The summed E-state index contributed by atoms with van der Waals surface area (Å²) in [6.07, 6.45) is 2.30. The molecule has 0 spiro atoms. The highest BCUT2D eigenvalue weighted by atomic mass is 19.1. The molecule has 0 amide bonds. The molecular formula is C12H19FN2. The van der Waals surface area contributed by atoms with Gasteiger partial charge in [0.2, 0.25) is 0 Å². The molecule has 0 saturated carbocycles. The highest BCUT2D eigenvalue weighted by molar-refractivity contribution is 5.12. The molecule has 1 rings (SSSR count). The molecule has 0 saturated heterocycles. The van der Waals surface area contributed by atoms with E-state index in [1.807, 2.05) is 0 Å². The molecule has 0 aliphatic carbocycles. The average Bonchev–Trinajstić information content (AvgIpc) is 2.22. The number of nitrogens with zero attached hydrogens (tertiary/aromatic N) is 1. The van der Waals surface area contributed by atoms with Crippen LogP contribution >= 0.6 is 0 Å². The quantitative estimate of drug-likeness (QED) is 0.808. The first-order chi connectivity index (χ1) is 7.19. The standard InChI is InChI=1S/C12H19FN2/c1-4-11(9(3)14-5-2)12-7-6-10(13)8-15-12/h6-9,11,14H,4-5H2,1-3H3. The zero-order valence-electron chi connectivity index (χ0n) is 9.63. The summed E-state index contributed by atoms with van der Waals surface area (Å²) >= 11 is 0. The number of hydrogen-bond donors (Lipinski definition) is 1. The summed E-state index contributed by atoms with van der Waals surface area (Å²) in [4.78, 5) is 4.14. The zero-order valence-corrected chi connectivity index (χ0v) is 9.63. The summed E-state index contributed by atoms with van der Waals surface area (Å²) < 4.78 is 12.7. The van der Waals surface area contributed by atoms with Crippen LogP contribution in [0.5, 0.6) is 0 Å². The molecule has 0 aromatic carbocycles. The number of halogens is 1. The van der Waals surface area contributed by atoms with Gasteiger partial charge >= 0.3 is 0 Å². The predicted octanol–water partition coefficient (Wildman–Crippen LogP) is 2.71. The van der Waals surface area contributed by atoms with Crippen LogP contribution in [0.2, 0.25) is 0 Å². The van der Waals surface area contributed by atoms with Gasteiger partial charge in [-0.2, -0.15) is 0 Å².